The number of amides is 1. The molecule has 2 heterocycles. The molecule has 0 saturated heterocycles. The fourth-order valence-electron chi connectivity index (χ4n) is 3.65. The van der Waals surface area contributed by atoms with Crippen LogP contribution in [0.5, 0.6) is 5.75 Å². The molecule has 150 valence electrons. The normalized spacial score (nSPS) is 15.5. The number of nitrogens with two attached hydrogens (primary N) is 1. The molecule has 2 saturated carbocycles. The highest BCUT2D eigenvalue weighted by Gasteiger charge is 2.39. The maximum atomic E-state index is 12.7. The van der Waals surface area contributed by atoms with E-state index in [-0.39, 0.29) is 18.3 Å². The van der Waals surface area contributed by atoms with Gasteiger partial charge in [-0.15, -0.1) is 12.4 Å². The van der Waals surface area contributed by atoms with Crippen molar-refractivity contribution in [3.05, 3.63) is 34.9 Å². The van der Waals surface area contributed by atoms with Gasteiger partial charge in [0.05, 0.1) is 30.4 Å². The van der Waals surface area contributed by atoms with Crippen molar-refractivity contribution in [2.24, 2.45) is 17.6 Å². The van der Waals surface area contributed by atoms with Crippen molar-refractivity contribution in [3.63, 3.8) is 0 Å². The van der Waals surface area contributed by atoms with Crippen molar-refractivity contribution < 1.29 is 9.53 Å². The van der Waals surface area contributed by atoms with Gasteiger partial charge in [0.15, 0.2) is 0 Å². The zero-order chi connectivity index (χ0) is 19.1. The SMILES string of the molecule is COc1cc(NC(=O)C(N)=C(C2CC2)C2CC2)cnc1-c1c(C)n[nH]c1C.Cl. The van der Waals surface area contributed by atoms with E-state index in [9.17, 15) is 4.79 Å². The topological polar surface area (TPSA) is 106 Å². The predicted molar refractivity (Wildman–Crippen MR) is 110 cm³/mol. The van der Waals surface area contributed by atoms with Crippen LogP contribution in [0.2, 0.25) is 0 Å². The van der Waals surface area contributed by atoms with Crippen LogP contribution in [0, 0.1) is 25.7 Å². The van der Waals surface area contributed by atoms with Crippen LogP contribution >= 0.6 is 12.4 Å². The van der Waals surface area contributed by atoms with E-state index in [2.05, 4.69) is 20.5 Å². The third-order valence-corrected chi connectivity index (χ3v) is 5.29. The van der Waals surface area contributed by atoms with Gasteiger partial charge in [-0.2, -0.15) is 5.10 Å². The Bertz CT molecular complexity index is 895. The average Bonchev–Trinajstić information content (AvgIpc) is 3.57. The predicted octanol–water partition coefficient (Wildman–Crippen LogP) is 3.49. The number of nitrogens with zero attached hydrogens (tertiary/aromatic N) is 2. The van der Waals surface area contributed by atoms with E-state index in [0.29, 0.717) is 34.7 Å². The molecule has 7 nitrogen and oxygen atoms in total. The number of H-pyrrole nitrogens is 1. The van der Waals surface area contributed by atoms with Crippen LogP contribution < -0.4 is 15.8 Å². The quantitative estimate of drug-likeness (QED) is 0.640. The Kier molecular flexibility index (Phi) is 5.65. The first-order chi connectivity index (χ1) is 13.0. The summed E-state index contributed by atoms with van der Waals surface area (Å²) in [4.78, 5) is 17.2. The third-order valence-electron chi connectivity index (χ3n) is 5.29. The van der Waals surface area contributed by atoms with Crippen molar-refractivity contribution >= 4 is 24.0 Å². The number of anilines is 1. The first-order valence-electron chi connectivity index (χ1n) is 9.36. The van der Waals surface area contributed by atoms with Crippen molar-refractivity contribution in [1.82, 2.24) is 15.2 Å². The molecule has 0 atom stereocenters. The zero-order valence-electron chi connectivity index (χ0n) is 16.3. The van der Waals surface area contributed by atoms with Crippen molar-refractivity contribution in [2.45, 2.75) is 39.5 Å². The second kappa shape index (κ2) is 7.83. The monoisotopic (exact) mass is 403 g/mol. The number of allylic oxidation sites excluding steroid dienone is 1. The molecule has 8 heteroatoms. The van der Waals surface area contributed by atoms with Crippen LogP contribution in [0.1, 0.15) is 37.1 Å². The van der Waals surface area contributed by atoms with Crippen LogP contribution in [0.3, 0.4) is 0 Å². The molecule has 0 spiro atoms. The van der Waals surface area contributed by atoms with Crippen molar-refractivity contribution in [3.8, 4) is 17.0 Å². The number of aromatic nitrogens is 3. The second-order valence-corrected chi connectivity index (χ2v) is 7.46. The molecular formula is C20H26ClN5O2. The Hall–Kier alpha value is -2.54. The molecule has 0 unspecified atom stereocenters. The van der Waals surface area contributed by atoms with Gasteiger partial charge in [0, 0.05) is 17.3 Å². The highest BCUT2D eigenvalue weighted by atomic mass is 35.5. The highest BCUT2D eigenvalue weighted by molar-refractivity contribution is 6.04. The van der Waals surface area contributed by atoms with Gasteiger partial charge < -0.3 is 15.8 Å². The molecule has 4 rings (SSSR count). The van der Waals surface area contributed by atoms with E-state index in [1.54, 1.807) is 19.4 Å². The molecule has 28 heavy (non-hydrogen) atoms. The highest BCUT2D eigenvalue weighted by Crippen LogP contribution is 2.49. The molecule has 2 aliphatic rings. The van der Waals surface area contributed by atoms with Crippen molar-refractivity contribution in [1.29, 1.82) is 0 Å². The molecular weight excluding hydrogens is 378 g/mol. The number of hydrogen-bond acceptors (Lipinski definition) is 5. The van der Waals surface area contributed by atoms with Gasteiger partial charge >= 0.3 is 0 Å². The van der Waals surface area contributed by atoms with Gasteiger partial charge in [-0.1, -0.05) is 0 Å². The lowest BCUT2D eigenvalue weighted by Gasteiger charge is -2.13. The lowest BCUT2D eigenvalue weighted by atomic mass is 10.0. The molecule has 2 fully saturated rings. The number of pyridine rings is 1. The maximum Gasteiger partial charge on any atom is 0.271 e. The number of hydrogen-bond donors (Lipinski definition) is 3. The van der Waals surface area contributed by atoms with Crippen LogP contribution in [0.25, 0.3) is 11.3 Å². The molecule has 2 aliphatic carbocycles. The molecule has 2 aromatic heterocycles. The largest absolute Gasteiger partial charge is 0.494 e. The van der Waals surface area contributed by atoms with Gasteiger partial charge in [0.1, 0.15) is 11.4 Å². The maximum absolute atomic E-state index is 12.7. The molecule has 2 aromatic rings. The van der Waals surface area contributed by atoms with Crippen LogP contribution in [-0.2, 0) is 4.79 Å². The fourth-order valence-corrected chi connectivity index (χ4v) is 3.65. The summed E-state index contributed by atoms with van der Waals surface area (Å²) in [5, 5.41) is 10.0. The van der Waals surface area contributed by atoms with E-state index in [1.807, 2.05) is 13.8 Å². The summed E-state index contributed by atoms with van der Waals surface area (Å²) in [5.74, 6) is 1.33. The second-order valence-electron chi connectivity index (χ2n) is 7.46. The third kappa shape index (κ3) is 3.85. The molecule has 0 aliphatic heterocycles. The first-order valence-corrected chi connectivity index (χ1v) is 9.36. The Morgan fingerprint density at radius 1 is 1.25 bits per heavy atom. The lowest BCUT2D eigenvalue weighted by Crippen LogP contribution is -2.23. The Morgan fingerprint density at radius 3 is 2.39 bits per heavy atom. The summed E-state index contributed by atoms with van der Waals surface area (Å²) in [5.41, 5.74) is 11.7. The standard InChI is InChI=1S/C20H25N5O2.ClH/c1-10-16(11(2)25-24-10)19-15(27-3)8-14(9-22-19)23-20(26)18(21)17(12-4-5-12)13-6-7-13;/h8-9,12-13H,4-7,21H2,1-3H3,(H,23,26)(H,24,25);1H. The van der Waals surface area contributed by atoms with E-state index < -0.39 is 0 Å². The van der Waals surface area contributed by atoms with Gasteiger partial charge in [-0.05, 0) is 56.9 Å². The van der Waals surface area contributed by atoms with Gasteiger partial charge in [0.2, 0.25) is 0 Å². The first kappa shape index (κ1) is 20.2. The Balaban J connectivity index is 0.00000225. The van der Waals surface area contributed by atoms with Crippen molar-refractivity contribution in [2.75, 3.05) is 12.4 Å². The van der Waals surface area contributed by atoms with Gasteiger partial charge in [-0.3, -0.25) is 14.9 Å². The Labute approximate surface area is 170 Å². The number of aryl methyl sites for hydroxylation is 2. The van der Waals surface area contributed by atoms with Crippen LogP contribution in [-0.4, -0.2) is 28.2 Å². The molecule has 0 bridgehead atoms. The minimum atomic E-state index is -0.254. The number of methoxy groups -OCH3 is 1. The van der Waals surface area contributed by atoms with E-state index in [1.165, 1.54) is 0 Å². The average molecular weight is 404 g/mol. The van der Waals surface area contributed by atoms with E-state index in [4.69, 9.17) is 10.5 Å². The number of rotatable bonds is 6. The number of aromatic amines is 1. The smallest absolute Gasteiger partial charge is 0.271 e. The summed E-state index contributed by atoms with van der Waals surface area (Å²) < 4.78 is 5.51. The number of nitrogens with one attached hydrogen (secondary N) is 2. The van der Waals surface area contributed by atoms with Gasteiger partial charge in [-0.25, -0.2) is 0 Å². The zero-order valence-corrected chi connectivity index (χ0v) is 17.2. The Morgan fingerprint density at radius 2 is 1.89 bits per heavy atom. The number of halogens is 1. The van der Waals surface area contributed by atoms with E-state index >= 15 is 0 Å². The minimum absolute atomic E-state index is 0. The summed E-state index contributed by atoms with van der Waals surface area (Å²) in [7, 11) is 1.59. The molecule has 1 amide bonds. The summed E-state index contributed by atoms with van der Waals surface area (Å²) >= 11 is 0. The molecule has 4 N–H and O–H groups in total. The molecule has 0 radical (unpaired) electrons. The summed E-state index contributed by atoms with van der Waals surface area (Å²) in [6.45, 7) is 3.85. The number of carbonyl (C=O) groups is 1. The molecule has 0 aromatic carbocycles. The minimum Gasteiger partial charge on any atom is -0.494 e. The number of ether oxygens (including phenoxy) is 1. The van der Waals surface area contributed by atoms with Crippen LogP contribution in [0.15, 0.2) is 23.5 Å². The summed E-state index contributed by atoms with van der Waals surface area (Å²) in [6.07, 6.45) is 6.21. The number of carbonyl (C=O) groups excluding carboxylic acids is 1. The van der Waals surface area contributed by atoms with Gasteiger partial charge in [0.25, 0.3) is 5.91 Å². The van der Waals surface area contributed by atoms with Crippen LogP contribution in [0.4, 0.5) is 5.69 Å². The lowest BCUT2D eigenvalue weighted by molar-refractivity contribution is -0.113. The summed E-state index contributed by atoms with van der Waals surface area (Å²) in [6, 6.07) is 1.77. The fraction of sp³-hybridized carbons (Fsp3) is 0.450. The van der Waals surface area contributed by atoms with E-state index in [0.717, 1.165) is 48.2 Å².